The van der Waals surface area contributed by atoms with E-state index >= 15 is 0 Å². The first-order valence-electron chi connectivity index (χ1n) is 12.2. The van der Waals surface area contributed by atoms with E-state index in [1.807, 2.05) is 32.9 Å². The number of benzene rings is 1. The summed E-state index contributed by atoms with van der Waals surface area (Å²) in [6.07, 6.45) is -2.73. The molecule has 0 atom stereocenters. The minimum Gasteiger partial charge on any atom is -0.383 e. The highest BCUT2D eigenvalue weighted by Gasteiger charge is 2.35. The summed E-state index contributed by atoms with van der Waals surface area (Å²) < 4.78 is 45.3. The number of hydrazine groups is 1. The maximum absolute atomic E-state index is 13.4. The second kappa shape index (κ2) is 11.9. The fourth-order valence-corrected chi connectivity index (χ4v) is 4.22. The first-order valence-corrected chi connectivity index (χ1v) is 12.2. The Morgan fingerprint density at radius 1 is 1.19 bits per heavy atom. The van der Waals surface area contributed by atoms with Crippen LogP contribution in [0.25, 0.3) is 0 Å². The molecule has 37 heavy (non-hydrogen) atoms. The van der Waals surface area contributed by atoms with Crippen LogP contribution in [0.5, 0.6) is 0 Å². The number of carbonyl (C=O) groups is 1. The van der Waals surface area contributed by atoms with Gasteiger partial charge in [-0.2, -0.15) is 23.4 Å². The summed E-state index contributed by atoms with van der Waals surface area (Å²) >= 11 is 0. The Labute approximate surface area is 215 Å². The molecule has 1 aliphatic rings. The Hall–Kier alpha value is -3.23. The number of anilines is 1. The summed E-state index contributed by atoms with van der Waals surface area (Å²) in [5.41, 5.74) is 2.53. The zero-order chi connectivity index (χ0) is 27.2. The van der Waals surface area contributed by atoms with Gasteiger partial charge in [0.15, 0.2) is 11.5 Å². The summed E-state index contributed by atoms with van der Waals surface area (Å²) in [5.74, 6) is -0.926. The van der Waals surface area contributed by atoms with Crippen molar-refractivity contribution in [2.45, 2.75) is 45.7 Å². The van der Waals surface area contributed by atoms with Crippen LogP contribution in [0.4, 0.5) is 19.0 Å². The van der Waals surface area contributed by atoms with Gasteiger partial charge in [0.25, 0.3) is 5.91 Å². The first-order chi connectivity index (χ1) is 17.4. The topological polar surface area (TPSA) is 94.4 Å². The van der Waals surface area contributed by atoms with Crippen molar-refractivity contribution < 1.29 is 22.7 Å². The number of aromatic nitrogens is 2. The molecule has 0 bridgehead atoms. The lowest BCUT2D eigenvalue weighted by atomic mass is 9.89. The quantitative estimate of drug-likeness (QED) is 0.518. The molecule has 2 aromatic rings. The van der Waals surface area contributed by atoms with Crippen molar-refractivity contribution in [3.05, 3.63) is 53.0 Å². The molecule has 3 rings (SSSR count). The number of hydrogen-bond acceptors (Lipinski definition) is 7. The van der Waals surface area contributed by atoms with Crippen LogP contribution < -0.4 is 10.4 Å². The van der Waals surface area contributed by atoms with Crippen LogP contribution in [-0.2, 0) is 10.9 Å². The van der Waals surface area contributed by atoms with Crippen molar-refractivity contribution in [2.24, 2.45) is 5.41 Å². The number of nitriles is 1. The number of alkyl halides is 3. The Kier molecular flexibility index (Phi) is 9.10. The fourth-order valence-electron chi connectivity index (χ4n) is 4.22. The number of likely N-dealkylation sites (tertiary alicyclic amines) is 1. The normalized spacial score (nSPS) is 15.3. The third-order valence-corrected chi connectivity index (χ3v) is 6.09. The molecule has 2 heterocycles. The number of nitrogens with zero attached hydrogens (tertiary/aromatic N) is 5. The van der Waals surface area contributed by atoms with Gasteiger partial charge in [0.05, 0.1) is 6.61 Å². The zero-order valence-electron chi connectivity index (χ0n) is 21.6. The van der Waals surface area contributed by atoms with E-state index in [2.05, 4.69) is 20.3 Å². The second-order valence-corrected chi connectivity index (χ2v) is 10.4. The number of piperidine rings is 1. The lowest BCUT2D eigenvalue weighted by Gasteiger charge is -2.32. The molecule has 1 saturated heterocycles. The molecule has 1 fully saturated rings. The Morgan fingerprint density at radius 2 is 1.84 bits per heavy atom. The zero-order valence-corrected chi connectivity index (χ0v) is 21.6. The third kappa shape index (κ3) is 8.13. The number of rotatable bonds is 8. The average molecular weight is 519 g/mol. The minimum atomic E-state index is -4.77. The SMILES string of the molecule is COCCN1CCC(c2ccc(C(=O)NN(CC(C)(C)C)c3cc(C(F)(F)F)nc(C#N)n3)cc2)CC1. The van der Waals surface area contributed by atoms with Crippen molar-refractivity contribution in [1.29, 1.82) is 5.26 Å². The van der Waals surface area contributed by atoms with Crippen molar-refractivity contribution in [2.75, 3.05) is 44.9 Å². The molecule has 0 aliphatic carbocycles. The van der Waals surface area contributed by atoms with Crippen LogP contribution in [0.1, 0.15) is 67.0 Å². The molecule has 0 radical (unpaired) electrons. The first kappa shape index (κ1) is 28.3. The highest BCUT2D eigenvalue weighted by Crippen LogP contribution is 2.31. The molecule has 1 N–H and O–H groups in total. The van der Waals surface area contributed by atoms with Crippen LogP contribution in [0, 0.1) is 16.7 Å². The van der Waals surface area contributed by atoms with E-state index in [4.69, 9.17) is 10.00 Å². The number of carbonyl (C=O) groups excluding carboxylic acids is 1. The molecule has 0 saturated carbocycles. The van der Waals surface area contributed by atoms with Gasteiger partial charge in [-0.25, -0.2) is 4.98 Å². The minimum absolute atomic E-state index is 0.150. The number of hydrogen-bond donors (Lipinski definition) is 1. The molecule has 1 aromatic carbocycles. The Morgan fingerprint density at radius 3 is 2.38 bits per heavy atom. The van der Waals surface area contributed by atoms with E-state index in [0.29, 0.717) is 18.1 Å². The van der Waals surface area contributed by atoms with Gasteiger partial charge in [0.1, 0.15) is 6.07 Å². The van der Waals surface area contributed by atoms with Crippen molar-refractivity contribution in [3.8, 4) is 6.07 Å². The van der Waals surface area contributed by atoms with Gasteiger partial charge in [-0.05, 0) is 55.0 Å². The van der Waals surface area contributed by atoms with Crippen molar-refractivity contribution in [3.63, 3.8) is 0 Å². The lowest BCUT2D eigenvalue weighted by Crippen LogP contribution is -2.47. The Bertz CT molecular complexity index is 1100. The number of amides is 1. The average Bonchev–Trinajstić information content (AvgIpc) is 2.86. The second-order valence-electron chi connectivity index (χ2n) is 10.4. The predicted molar refractivity (Wildman–Crippen MR) is 133 cm³/mol. The van der Waals surface area contributed by atoms with Gasteiger partial charge in [-0.1, -0.05) is 32.9 Å². The maximum Gasteiger partial charge on any atom is 0.433 e. The highest BCUT2D eigenvalue weighted by atomic mass is 19.4. The van der Waals surface area contributed by atoms with E-state index in [1.165, 1.54) is 5.01 Å². The number of methoxy groups -OCH3 is 1. The van der Waals surface area contributed by atoms with E-state index in [-0.39, 0.29) is 12.4 Å². The molecule has 0 spiro atoms. The Balaban J connectivity index is 1.76. The van der Waals surface area contributed by atoms with Crippen LogP contribution in [0.15, 0.2) is 30.3 Å². The largest absolute Gasteiger partial charge is 0.433 e. The van der Waals surface area contributed by atoms with E-state index in [1.54, 1.807) is 25.3 Å². The van der Waals surface area contributed by atoms with Crippen LogP contribution >= 0.6 is 0 Å². The standard InChI is InChI=1S/C26H33F3N6O2/c1-25(2,3)17-35(23-15-21(26(27,28)29)31-22(16-30)32-23)33-24(36)20-7-5-18(6-8-20)19-9-11-34(12-10-19)13-14-37-4/h5-8,15,19H,9-14,17H2,1-4H3,(H,33,36). The third-order valence-electron chi connectivity index (χ3n) is 6.09. The van der Waals surface area contributed by atoms with Gasteiger partial charge in [0.2, 0.25) is 5.82 Å². The summed E-state index contributed by atoms with van der Waals surface area (Å²) in [4.78, 5) is 22.6. The molecular formula is C26H33F3N6O2. The van der Waals surface area contributed by atoms with Crippen molar-refractivity contribution in [1.82, 2.24) is 20.3 Å². The van der Waals surface area contributed by atoms with E-state index in [0.717, 1.165) is 44.1 Å². The monoisotopic (exact) mass is 518 g/mol. The van der Waals surface area contributed by atoms with Gasteiger partial charge in [-0.3, -0.25) is 15.2 Å². The van der Waals surface area contributed by atoms with Gasteiger partial charge in [-0.15, -0.1) is 0 Å². The fraction of sp³-hybridized carbons (Fsp3) is 0.538. The van der Waals surface area contributed by atoms with Gasteiger partial charge < -0.3 is 9.64 Å². The molecule has 8 nitrogen and oxygen atoms in total. The molecular weight excluding hydrogens is 485 g/mol. The van der Waals surface area contributed by atoms with E-state index < -0.39 is 29.0 Å². The predicted octanol–water partition coefficient (Wildman–Crippen LogP) is 4.39. The molecule has 200 valence electrons. The lowest BCUT2D eigenvalue weighted by molar-refractivity contribution is -0.141. The summed E-state index contributed by atoms with van der Waals surface area (Å²) in [6, 6.07) is 9.59. The summed E-state index contributed by atoms with van der Waals surface area (Å²) in [5, 5.41) is 10.4. The van der Waals surface area contributed by atoms with Gasteiger partial charge in [0, 0.05) is 31.8 Å². The van der Waals surface area contributed by atoms with Gasteiger partial charge >= 0.3 is 6.18 Å². The van der Waals surface area contributed by atoms with Crippen LogP contribution in [0.3, 0.4) is 0 Å². The van der Waals surface area contributed by atoms with Crippen molar-refractivity contribution >= 4 is 11.7 Å². The van der Waals surface area contributed by atoms with Crippen LogP contribution in [0.2, 0.25) is 0 Å². The summed E-state index contributed by atoms with van der Waals surface area (Å²) in [7, 11) is 1.70. The van der Waals surface area contributed by atoms with E-state index in [9.17, 15) is 18.0 Å². The number of halogens is 3. The molecule has 0 unspecified atom stereocenters. The highest BCUT2D eigenvalue weighted by molar-refractivity contribution is 5.95. The maximum atomic E-state index is 13.4. The van der Waals surface area contributed by atoms with Crippen LogP contribution in [-0.4, -0.2) is 60.7 Å². The number of ether oxygens (including phenoxy) is 1. The summed E-state index contributed by atoms with van der Waals surface area (Å²) in [6.45, 7) is 9.38. The molecule has 1 amide bonds. The molecule has 11 heteroatoms. The molecule has 1 aliphatic heterocycles. The molecule has 1 aromatic heterocycles. The number of nitrogens with one attached hydrogen (secondary N) is 1. The smallest absolute Gasteiger partial charge is 0.383 e.